The Morgan fingerprint density at radius 1 is 1.33 bits per heavy atom. The van der Waals surface area contributed by atoms with Crippen LogP contribution in [-0.4, -0.2) is 23.4 Å². The number of nitrogens with zero attached hydrogens (tertiary/aromatic N) is 2. The maximum atomic E-state index is 12.3. The highest BCUT2D eigenvalue weighted by atomic mass is 16.5. The minimum Gasteiger partial charge on any atom is -0.478 e. The van der Waals surface area contributed by atoms with Crippen molar-refractivity contribution in [2.24, 2.45) is 4.99 Å². The number of aromatic nitrogens is 1. The molecule has 0 aliphatic carbocycles. The van der Waals surface area contributed by atoms with Crippen LogP contribution in [0.1, 0.15) is 42.3 Å². The molecule has 24 heavy (non-hydrogen) atoms. The number of ether oxygens (including phenoxy) is 1. The highest BCUT2D eigenvalue weighted by Gasteiger charge is 2.19. The lowest BCUT2D eigenvalue weighted by Gasteiger charge is -2.14. The van der Waals surface area contributed by atoms with Crippen molar-refractivity contribution >= 4 is 11.8 Å². The molecule has 1 aliphatic heterocycles. The van der Waals surface area contributed by atoms with Crippen molar-refractivity contribution in [1.82, 2.24) is 10.3 Å². The van der Waals surface area contributed by atoms with Crippen molar-refractivity contribution in [3.8, 4) is 0 Å². The quantitative estimate of drug-likeness (QED) is 0.920. The van der Waals surface area contributed by atoms with E-state index >= 15 is 0 Å². The molecule has 0 radical (unpaired) electrons. The monoisotopic (exact) mass is 323 g/mol. The highest BCUT2D eigenvalue weighted by molar-refractivity contribution is 5.97. The summed E-state index contributed by atoms with van der Waals surface area (Å²) in [6.45, 7) is 5.08. The van der Waals surface area contributed by atoms with Gasteiger partial charge < -0.3 is 10.1 Å². The molecule has 3 rings (SSSR count). The summed E-state index contributed by atoms with van der Waals surface area (Å²) in [4.78, 5) is 21.0. The summed E-state index contributed by atoms with van der Waals surface area (Å²) >= 11 is 0. The lowest BCUT2D eigenvalue weighted by atomic mass is 10.1. The van der Waals surface area contributed by atoms with Gasteiger partial charge in [-0.2, -0.15) is 0 Å². The Balaban J connectivity index is 1.62. The number of carbonyl (C=O) groups is 1. The van der Waals surface area contributed by atoms with Gasteiger partial charge in [0.1, 0.15) is 0 Å². The van der Waals surface area contributed by atoms with Crippen LogP contribution in [0.2, 0.25) is 0 Å². The van der Waals surface area contributed by atoms with E-state index in [0.717, 1.165) is 22.4 Å². The first kappa shape index (κ1) is 16.2. The van der Waals surface area contributed by atoms with Gasteiger partial charge in [0.15, 0.2) is 0 Å². The maximum Gasteiger partial charge on any atom is 0.226 e. The second-order valence-electron chi connectivity index (χ2n) is 5.76. The van der Waals surface area contributed by atoms with Crippen molar-refractivity contribution in [2.75, 3.05) is 6.61 Å². The molecule has 1 N–H and O–H groups in total. The van der Waals surface area contributed by atoms with Crippen molar-refractivity contribution in [3.05, 3.63) is 65.0 Å². The molecule has 0 unspecified atom stereocenters. The number of fused-ring (bicyclic) bond motifs is 1. The normalized spacial score (nSPS) is 13.8. The first-order chi connectivity index (χ1) is 11.7. The molecule has 1 aromatic carbocycles. The number of benzene rings is 1. The molecule has 2 heterocycles. The number of rotatable bonds is 5. The van der Waals surface area contributed by atoms with Gasteiger partial charge in [-0.05, 0) is 31.0 Å². The smallest absolute Gasteiger partial charge is 0.226 e. The van der Waals surface area contributed by atoms with Crippen molar-refractivity contribution in [3.63, 3.8) is 0 Å². The van der Waals surface area contributed by atoms with Gasteiger partial charge in [-0.15, -0.1) is 0 Å². The van der Waals surface area contributed by atoms with Crippen LogP contribution >= 0.6 is 0 Å². The van der Waals surface area contributed by atoms with E-state index in [9.17, 15) is 4.79 Å². The molecule has 0 saturated carbocycles. The fraction of sp³-hybridized carbons (Fsp3) is 0.316. The van der Waals surface area contributed by atoms with Crippen LogP contribution < -0.4 is 5.32 Å². The lowest BCUT2D eigenvalue weighted by Crippen LogP contribution is -2.28. The average molecular weight is 323 g/mol. The fourth-order valence-electron chi connectivity index (χ4n) is 2.75. The van der Waals surface area contributed by atoms with Crippen molar-refractivity contribution in [1.29, 1.82) is 0 Å². The standard InChI is InChI=1S/C19H21N3O2/c1-3-24-19-17-12-20-16(9-15(17)11-21-19)10-18(23)22-13(2)14-7-5-4-6-8-14/h4-9,12-13H,3,10-11H2,1-2H3,(H,22,23)/t13-/m1/s1. The summed E-state index contributed by atoms with van der Waals surface area (Å²) in [7, 11) is 0. The van der Waals surface area contributed by atoms with Gasteiger partial charge >= 0.3 is 0 Å². The predicted molar refractivity (Wildman–Crippen MR) is 92.8 cm³/mol. The van der Waals surface area contributed by atoms with Gasteiger partial charge in [-0.1, -0.05) is 30.3 Å². The lowest BCUT2D eigenvalue weighted by molar-refractivity contribution is -0.121. The average Bonchev–Trinajstić information content (AvgIpc) is 2.98. The van der Waals surface area contributed by atoms with Crippen LogP contribution in [0.25, 0.3) is 0 Å². The molecule has 1 atom stereocenters. The van der Waals surface area contributed by atoms with Crippen LogP contribution in [0.3, 0.4) is 0 Å². The molecule has 0 bridgehead atoms. The number of aliphatic imine (C=N–C) groups is 1. The molecule has 1 aromatic heterocycles. The van der Waals surface area contributed by atoms with E-state index in [-0.39, 0.29) is 18.4 Å². The van der Waals surface area contributed by atoms with E-state index in [0.29, 0.717) is 19.0 Å². The molecule has 0 saturated heterocycles. The van der Waals surface area contributed by atoms with Crippen molar-refractivity contribution in [2.45, 2.75) is 32.9 Å². The first-order valence-corrected chi connectivity index (χ1v) is 8.17. The Morgan fingerprint density at radius 2 is 2.12 bits per heavy atom. The first-order valence-electron chi connectivity index (χ1n) is 8.17. The molecule has 0 spiro atoms. The number of amides is 1. The summed E-state index contributed by atoms with van der Waals surface area (Å²) in [6, 6.07) is 11.8. The minimum atomic E-state index is -0.0391. The Kier molecular flexibility index (Phi) is 4.89. The third kappa shape index (κ3) is 3.62. The van der Waals surface area contributed by atoms with Crippen LogP contribution in [0.5, 0.6) is 0 Å². The zero-order valence-electron chi connectivity index (χ0n) is 14.0. The van der Waals surface area contributed by atoms with Gasteiger partial charge in [0, 0.05) is 6.20 Å². The molecule has 1 amide bonds. The van der Waals surface area contributed by atoms with Gasteiger partial charge in [0.2, 0.25) is 11.8 Å². The molecule has 5 heteroatoms. The number of pyridine rings is 1. The summed E-state index contributed by atoms with van der Waals surface area (Å²) < 4.78 is 5.48. The van der Waals surface area contributed by atoms with Gasteiger partial charge in [-0.25, -0.2) is 4.99 Å². The highest BCUT2D eigenvalue weighted by Crippen LogP contribution is 2.20. The molecular formula is C19H21N3O2. The topological polar surface area (TPSA) is 63.6 Å². The van der Waals surface area contributed by atoms with Crippen molar-refractivity contribution < 1.29 is 9.53 Å². The second kappa shape index (κ2) is 7.25. The van der Waals surface area contributed by atoms with Crippen LogP contribution in [0.4, 0.5) is 0 Å². The number of hydrogen-bond acceptors (Lipinski definition) is 4. The zero-order valence-corrected chi connectivity index (χ0v) is 14.0. The van der Waals surface area contributed by atoms with E-state index in [1.54, 1.807) is 6.20 Å². The summed E-state index contributed by atoms with van der Waals surface area (Å²) in [5.41, 5.74) is 3.83. The fourth-order valence-corrected chi connectivity index (χ4v) is 2.75. The SMILES string of the molecule is CCOC1=NCc2cc(CC(=O)N[C@H](C)c3ccccc3)ncc21. The molecule has 124 valence electrons. The summed E-state index contributed by atoms with van der Waals surface area (Å²) in [5.74, 6) is 0.608. The van der Waals surface area contributed by atoms with Gasteiger partial charge in [-0.3, -0.25) is 9.78 Å². The van der Waals surface area contributed by atoms with Gasteiger partial charge in [0.25, 0.3) is 0 Å². The third-order valence-electron chi connectivity index (χ3n) is 3.97. The largest absolute Gasteiger partial charge is 0.478 e. The van der Waals surface area contributed by atoms with E-state index in [2.05, 4.69) is 15.3 Å². The minimum absolute atomic E-state index is 0.0268. The Labute approximate surface area is 141 Å². The predicted octanol–water partition coefficient (Wildman–Crippen LogP) is 2.80. The third-order valence-corrected chi connectivity index (χ3v) is 3.97. The van der Waals surface area contributed by atoms with E-state index < -0.39 is 0 Å². The van der Waals surface area contributed by atoms with E-state index in [1.807, 2.05) is 50.2 Å². The number of hydrogen-bond donors (Lipinski definition) is 1. The Morgan fingerprint density at radius 3 is 2.88 bits per heavy atom. The molecule has 1 aliphatic rings. The van der Waals surface area contributed by atoms with E-state index in [4.69, 9.17) is 4.74 Å². The summed E-state index contributed by atoms with van der Waals surface area (Å²) in [5, 5.41) is 3.01. The number of carbonyl (C=O) groups excluding carboxylic acids is 1. The summed E-state index contributed by atoms with van der Waals surface area (Å²) in [6.07, 6.45) is 2.01. The van der Waals surface area contributed by atoms with Crippen LogP contribution in [0.15, 0.2) is 47.6 Å². The van der Waals surface area contributed by atoms with Crippen LogP contribution in [-0.2, 0) is 22.5 Å². The maximum absolute atomic E-state index is 12.3. The second-order valence-corrected chi connectivity index (χ2v) is 5.76. The molecule has 2 aromatic rings. The van der Waals surface area contributed by atoms with Crippen LogP contribution in [0, 0.1) is 0 Å². The Hall–Kier alpha value is -2.69. The molecule has 5 nitrogen and oxygen atoms in total. The zero-order chi connectivity index (χ0) is 16.9. The van der Waals surface area contributed by atoms with E-state index in [1.165, 1.54) is 0 Å². The Bertz CT molecular complexity index is 756. The molecular weight excluding hydrogens is 302 g/mol. The van der Waals surface area contributed by atoms with Gasteiger partial charge in [0.05, 0.1) is 36.9 Å². The molecule has 0 fully saturated rings. The number of nitrogens with one attached hydrogen (secondary N) is 1.